The van der Waals surface area contributed by atoms with E-state index >= 15 is 0 Å². The summed E-state index contributed by atoms with van der Waals surface area (Å²) < 4.78 is 34.8. The molecule has 1 saturated carbocycles. The minimum atomic E-state index is -0.863. The lowest BCUT2D eigenvalue weighted by Crippen LogP contribution is -2.42. The number of ether oxygens (including phenoxy) is 1. The predicted octanol–water partition coefficient (Wildman–Crippen LogP) is 2.36. The van der Waals surface area contributed by atoms with Crippen LogP contribution >= 0.6 is 0 Å². The van der Waals surface area contributed by atoms with Crippen LogP contribution in [0.5, 0.6) is 0 Å². The quantitative estimate of drug-likeness (QED) is 0.448. The van der Waals surface area contributed by atoms with Gasteiger partial charge in [-0.05, 0) is 31.2 Å². The minimum absolute atomic E-state index is 0.00587. The predicted molar refractivity (Wildman–Crippen MR) is 122 cm³/mol. The summed E-state index contributed by atoms with van der Waals surface area (Å²) in [7, 11) is 0. The number of carbonyl (C=O) groups excluding carboxylic acids is 1. The van der Waals surface area contributed by atoms with Gasteiger partial charge in [0, 0.05) is 31.2 Å². The van der Waals surface area contributed by atoms with Gasteiger partial charge in [-0.3, -0.25) is 4.79 Å². The fourth-order valence-electron chi connectivity index (χ4n) is 3.96. The van der Waals surface area contributed by atoms with Crippen molar-refractivity contribution in [3.8, 4) is 0 Å². The van der Waals surface area contributed by atoms with Gasteiger partial charge in [0.05, 0.1) is 30.7 Å². The van der Waals surface area contributed by atoms with Crippen molar-refractivity contribution in [2.45, 2.75) is 38.3 Å². The molecule has 0 radical (unpaired) electrons. The first-order valence-electron chi connectivity index (χ1n) is 11.1. The number of amides is 1. The number of anilines is 4. The van der Waals surface area contributed by atoms with E-state index in [1.165, 1.54) is 12.3 Å². The third-order valence-electron chi connectivity index (χ3n) is 6.00. The molecule has 2 aromatic heterocycles. The third-order valence-corrected chi connectivity index (χ3v) is 6.00. The summed E-state index contributed by atoms with van der Waals surface area (Å²) in [6, 6.07) is 1.96. The number of hydrogen-bond donors (Lipinski definition) is 4. The molecular formula is C22H29F2N7O2. The lowest BCUT2D eigenvalue weighted by atomic mass is 10.0. The van der Waals surface area contributed by atoms with E-state index in [0.29, 0.717) is 32.2 Å². The second kappa shape index (κ2) is 9.84. The molecule has 0 spiro atoms. The Hall–Kier alpha value is -3.05. The molecule has 2 fully saturated rings. The van der Waals surface area contributed by atoms with Crippen LogP contribution in [0, 0.1) is 17.6 Å². The number of carbonyl (C=O) groups is 1. The largest absolute Gasteiger partial charge is 0.378 e. The van der Waals surface area contributed by atoms with Crippen LogP contribution in [0.1, 0.15) is 36.5 Å². The molecule has 0 aromatic carbocycles. The van der Waals surface area contributed by atoms with Gasteiger partial charge < -0.3 is 31.7 Å². The fraction of sp³-hybridized carbons (Fsp3) is 0.500. The Morgan fingerprint density at radius 2 is 1.97 bits per heavy atom. The molecule has 4 rings (SSSR count). The molecule has 178 valence electrons. The average Bonchev–Trinajstić information content (AvgIpc) is 3.64. The summed E-state index contributed by atoms with van der Waals surface area (Å²) in [5, 5.41) is 5.96. The number of rotatable bonds is 9. The molecule has 0 bridgehead atoms. The van der Waals surface area contributed by atoms with E-state index in [1.807, 2.05) is 6.92 Å². The Morgan fingerprint density at radius 1 is 1.24 bits per heavy atom. The van der Waals surface area contributed by atoms with Gasteiger partial charge in [0.2, 0.25) is 0 Å². The molecule has 1 amide bonds. The van der Waals surface area contributed by atoms with E-state index in [1.54, 1.807) is 4.90 Å². The third kappa shape index (κ3) is 5.31. The normalized spacial score (nSPS) is 18.0. The average molecular weight is 462 g/mol. The number of halogens is 2. The molecule has 11 heteroatoms. The van der Waals surface area contributed by atoms with Crippen molar-refractivity contribution in [3.05, 3.63) is 35.5 Å². The highest BCUT2D eigenvalue weighted by Crippen LogP contribution is 2.36. The van der Waals surface area contributed by atoms with E-state index in [0.717, 1.165) is 25.3 Å². The molecule has 9 nitrogen and oxygen atoms in total. The van der Waals surface area contributed by atoms with E-state index in [9.17, 15) is 13.6 Å². The van der Waals surface area contributed by atoms with Crippen LogP contribution < -0.4 is 27.0 Å². The Kier molecular flexibility index (Phi) is 6.89. The second-order valence-electron chi connectivity index (χ2n) is 8.41. The van der Waals surface area contributed by atoms with Crippen LogP contribution in [0.2, 0.25) is 0 Å². The summed E-state index contributed by atoms with van der Waals surface area (Å²) in [5.74, 6) is -1.58. The van der Waals surface area contributed by atoms with Gasteiger partial charge in [-0.25, -0.2) is 18.7 Å². The number of aromatic nitrogens is 2. The zero-order chi connectivity index (χ0) is 23.5. The van der Waals surface area contributed by atoms with Crippen LogP contribution in [0.15, 0.2) is 18.3 Å². The molecule has 6 N–H and O–H groups in total. The second-order valence-corrected chi connectivity index (χ2v) is 8.41. The highest BCUT2D eigenvalue weighted by Gasteiger charge is 2.35. The molecule has 1 aliphatic heterocycles. The maximum atomic E-state index is 14.8. The maximum Gasteiger partial charge on any atom is 0.252 e. The summed E-state index contributed by atoms with van der Waals surface area (Å²) in [4.78, 5) is 22.2. The zero-order valence-corrected chi connectivity index (χ0v) is 18.5. The van der Waals surface area contributed by atoms with Crippen LogP contribution in [0.4, 0.5) is 31.9 Å². The molecule has 33 heavy (non-hydrogen) atoms. The van der Waals surface area contributed by atoms with Crippen LogP contribution in [-0.4, -0.2) is 54.3 Å². The summed E-state index contributed by atoms with van der Waals surface area (Å²) in [6.45, 7) is 4.05. The first kappa shape index (κ1) is 23.1. The van der Waals surface area contributed by atoms with Gasteiger partial charge in [0.1, 0.15) is 5.82 Å². The van der Waals surface area contributed by atoms with Crippen LogP contribution in [0.25, 0.3) is 0 Å². The minimum Gasteiger partial charge on any atom is -0.378 e. The van der Waals surface area contributed by atoms with Crippen molar-refractivity contribution in [1.82, 2.24) is 9.97 Å². The van der Waals surface area contributed by atoms with Crippen LogP contribution in [0.3, 0.4) is 0 Å². The van der Waals surface area contributed by atoms with Crippen molar-refractivity contribution in [1.29, 1.82) is 0 Å². The number of morpholine rings is 1. The number of nitrogens with zero attached hydrogens (tertiary/aromatic N) is 3. The first-order chi connectivity index (χ1) is 15.9. The molecule has 2 aromatic rings. The first-order valence-corrected chi connectivity index (χ1v) is 11.1. The SMILES string of the molecule is CC[C@H](N)[C@H](Nc1nc(Nc2cnc(N3CCOCC3)c(F)c2)c(C(N)=O)cc1F)C1CC1. The molecule has 1 aliphatic carbocycles. The number of pyridine rings is 2. The molecule has 1 saturated heterocycles. The van der Waals surface area contributed by atoms with Gasteiger partial charge >= 0.3 is 0 Å². The van der Waals surface area contributed by atoms with Crippen molar-refractivity contribution in [2.24, 2.45) is 17.4 Å². The molecule has 3 heterocycles. The van der Waals surface area contributed by atoms with E-state index in [-0.39, 0.29) is 40.8 Å². The highest BCUT2D eigenvalue weighted by atomic mass is 19.1. The number of primary amides is 1. The van der Waals surface area contributed by atoms with Crippen molar-refractivity contribution >= 4 is 29.0 Å². The highest BCUT2D eigenvalue weighted by molar-refractivity contribution is 5.98. The Balaban J connectivity index is 1.60. The zero-order valence-electron chi connectivity index (χ0n) is 18.5. The molecule has 0 unspecified atom stereocenters. The number of hydrogen-bond acceptors (Lipinski definition) is 8. The summed E-state index contributed by atoms with van der Waals surface area (Å²) in [5.41, 5.74) is 11.8. The summed E-state index contributed by atoms with van der Waals surface area (Å²) in [6.07, 6.45) is 4.17. The molecule has 2 aliphatic rings. The van der Waals surface area contributed by atoms with Crippen molar-refractivity contribution in [3.63, 3.8) is 0 Å². The van der Waals surface area contributed by atoms with Gasteiger partial charge in [-0.1, -0.05) is 6.92 Å². The lowest BCUT2D eigenvalue weighted by molar-refractivity contribution is 0.100. The number of nitrogens with two attached hydrogens (primary N) is 2. The van der Waals surface area contributed by atoms with E-state index < -0.39 is 17.5 Å². The Labute approximate surface area is 190 Å². The Bertz CT molecular complexity index is 1010. The van der Waals surface area contributed by atoms with Crippen molar-refractivity contribution < 1.29 is 18.3 Å². The van der Waals surface area contributed by atoms with E-state index in [4.69, 9.17) is 16.2 Å². The lowest BCUT2D eigenvalue weighted by Gasteiger charge is -2.28. The van der Waals surface area contributed by atoms with E-state index in [2.05, 4.69) is 20.6 Å². The standard InChI is InChI=1S/C22H29F2N7O2/c1-2-17(25)18(12-3-4-12)29-21-15(23)10-14(19(26)32)20(30-21)28-13-9-16(24)22(27-11-13)31-5-7-33-8-6-31/h9-12,17-18H,2-8,25H2,1H3,(H2,26,32)(H2,28,29,30)/t17-,18+/m0/s1. The maximum absolute atomic E-state index is 14.8. The summed E-state index contributed by atoms with van der Waals surface area (Å²) >= 11 is 0. The van der Waals surface area contributed by atoms with Crippen molar-refractivity contribution in [2.75, 3.05) is 41.8 Å². The number of nitrogens with one attached hydrogen (secondary N) is 2. The fourth-order valence-corrected chi connectivity index (χ4v) is 3.96. The van der Waals surface area contributed by atoms with Gasteiger partial charge in [-0.2, -0.15) is 0 Å². The Morgan fingerprint density at radius 3 is 2.58 bits per heavy atom. The molecular weight excluding hydrogens is 432 g/mol. The smallest absolute Gasteiger partial charge is 0.252 e. The monoisotopic (exact) mass is 461 g/mol. The van der Waals surface area contributed by atoms with Gasteiger partial charge in [0.25, 0.3) is 5.91 Å². The topological polar surface area (TPSA) is 131 Å². The van der Waals surface area contributed by atoms with Gasteiger partial charge in [-0.15, -0.1) is 0 Å². The molecule has 2 atom stereocenters. The van der Waals surface area contributed by atoms with Crippen LogP contribution in [-0.2, 0) is 4.74 Å². The van der Waals surface area contributed by atoms with Gasteiger partial charge in [0.15, 0.2) is 23.3 Å².